The summed E-state index contributed by atoms with van der Waals surface area (Å²) >= 11 is 7.44. The van der Waals surface area contributed by atoms with Crippen molar-refractivity contribution in [1.82, 2.24) is 14.5 Å². The molecule has 142 valence electrons. The van der Waals surface area contributed by atoms with E-state index in [9.17, 15) is 4.79 Å². The number of hydrogen-bond acceptors (Lipinski definition) is 4. The Balaban J connectivity index is 1.46. The molecule has 3 aromatic heterocycles. The van der Waals surface area contributed by atoms with Crippen LogP contribution < -0.4 is 5.32 Å². The predicted octanol–water partition coefficient (Wildman–Crippen LogP) is 4.69. The van der Waals surface area contributed by atoms with Crippen LogP contribution >= 0.6 is 22.9 Å². The molecule has 0 saturated carbocycles. The van der Waals surface area contributed by atoms with Crippen molar-refractivity contribution in [3.63, 3.8) is 0 Å². The molecule has 0 aliphatic rings. The molecule has 0 aliphatic heterocycles. The molecule has 5 nitrogen and oxygen atoms in total. The summed E-state index contributed by atoms with van der Waals surface area (Å²) in [6, 6.07) is 14.8. The van der Waals surface area contributed by atoms with Crippen molar-refractivity contribution in [3.8, 4) is 11.8 Å². The van der Waals surface area contributed by atoms with Crippen LogP contribution in [0.3, 0.4) is 0 Å². The van der Waals surface area contributed by atoms with Crippen molar-refractivity contribution in [2.75, 3.05) is 5.32 Å². The van der Waals surface area contributed by atoms with E-state index in [1.165, 1.54) is 11.3 Å². The van der Waals surface area contributed by atoms with E-state index in [0.717, 1.165) is 11.1 Å². The molecule has 0 saturated heterocycles. The van der Waals surface area contributed by atoms with E-state index >= 15 is 0 Å². The Labute approximate surface area is 177 Å². The summed E-state index contributed by atoms with van der Waals surface area (Å²) in [6.45, 7) is 0.588. The average Bonchev–Trinajstić information content (AvgIpc) is 3.37. The number of rotatable bonds is 4. The van der Waals surface area contributed by atoms with Crippen LogP contribution in [-0.2, 0) is 6.54 Å². The third-order valence-corrected chi connectivity index (χ3v) is 5.18. The molecule has 4 aromatic rings. The maximum Gasteiger partial charge on any atom is 0.274 e. The van der Waals surface area contributed by atoms with Crippen LogP contribution in [0.4, 0.5) is 5.13 Å². The highest BCUT2D eigenvalue weighted by atomic mass is 35.5. The molecule has 0 radical (unpaired) electrons. The summed E-state index contributed by atoms with van der Waals surface area (Å²) in [5.74, 6) is 5.76. The van der Waals surface area contributed by atoms with Crippen LogP contribution in [0.2, 0.25) is 5.02 Å². The van der Waals surface area contributed by atoms with Gasteiger partial charge < -0.3 is 4.57 Å². The quantitative estimate of drug-likeness (QED) is 0.489. The number of hydrogen-bond donors (Lipinski definition) is 1. The van der Waals surface area contributed by atoms with Crippen molar-refractivity contribution >= 4 is 34.0 Å². The minimum Gasteiger partial charge on any atom is -0.339 e. The Morgan fingerprint density at radius 2 is 1.93 bits per heavy atom. The number of anilines is 1. The molecule has 29 heavy (non-hydrogen) atoms. The van der Waals surface area contributed by atoms with Gasteiger partial charge in [-0.15, -0.1) is 11.3 Å². The summed E-state index contributed by atoms with van der Waals surface area (Å²) < 4.78 is 1.89. The lowest BCUT2D eigenvalue weighted by Gasteiger charge is -2.08. The molecule has 3 heterocycles. The summed E-state index contributed by atoms with van der Waals surface area (Å²) in [7, 11) is 0. The van der Waals surface area contributed by atoms with Gasteiger partial charge in [0.1, 0.15) is 11.4 Å². The van der Waals surface area contributed by atoms with Crippen LogP contribution in [0.25, 0.3) is 0 Å². The summed E-state index contributed by atoms with van der Waals surface area (Å²) in [6.07, 6.45) is 5.34. The van der Waals surface area contributed by atoms with Gasteiger partial charge in [-0.2, -0.15) is 0 Å². The van der Waals surface area contributed by atoms with Gasteiger partial charge >= 0.3 is 0 Å². The van der Waals surface area contributed by atoms with Crippen LogP contribution in [0.1, 0.15) is 27.3 Å². The van der Waals surface area contributed by atoms with Gasteiger partial charge in [-0.05, 0) is 47.9 Å². The standard InChI is InChI=1S/C22H15ClN4OS/c23-19-5-2-1-4-17(19)7-8-18-15-29-22(25-18)26-21(28)20-6-3-13-27(20)14-16-9-11-24-12-10-16/h1-6,9-13,15H,14H2,(H,25,26,28). The summed E-state index contributed by atoms with van der Waals surface area (Å²) in [4.78, 5) is 21.1. The lowest BCUT2D eigenvalue weighted by atomic mass is 10.2. The van der Waals surface area contributed by atoms with E-state index in [1.807, 2.05) is 47.2 Å². The van der Waals surface area contributed by atoms with Gasteiger partial charge in [0, 0.05) is 36.1 Å². The highest BCUT2D eigenvalue weighted by molar-refractivity contribution is 7.14. The summed E-state index contributed by atoms with van der Waals surface area (Å²) in [5, 5.41) is 5.73. The summed E-state index contributed by atoms with van der Waals surface area (Å²) in [5.41, 5.74) is 2.94. The van der Waals surface area contributed by atoms with Gasteiger partial charge in [-0.25, -0.2) is 4.98 Å². The minimum absolute atomic E-state index is 0.219. The zero-order valence-corrected chi connectivity index (χ0v) is 16.7. The number of benzene rings is 1. The Bertz CT molecular complexity index is 1200. The molecular formula is C22H15ClN4OS. The first-order valence-electron chi connectivity index (χ1n) is 8.76. The number of carbonyl (C=O) groups excluding carboxylic acids is 1. The van der Waals surface area contributed by atoms with Crippen LogP contribution in [0.15, 0.2) is 72.5 Å². The molecule has 1 N–H and O–H groups in total. The van der Waals surface area contributed by atoms with Crippen molar-refractivity contribution in [2.45, 2.75) is 6.54 Å². The van der Waals surface area contributed by atoms with E-state index in [0.29, 0.717) is 28.1 Å². The predicted molar refractivity (Wildman–Crippen MR) is 115 cm³/mol. The van der Waals surface area contributed by atoms with Crippen LogP contribution in [0.5, 0.6) is 0 Å². The Morgan fingerprint density at radius 1 is 1.10 bits per heavy atom. The smallest absolute Gasteiger partial charge is 0.274 e. The van der Waals surface area contributed by atoms with Crippen molar-refractivity contribution in [2.24, 2.45) is 0 Å². The topological polar surface area (TPSA) is 59.8 Å². The number of nitrogens with one attached hydrogen (secondary N) is 1. The number of thiazole rings is 1. The maximum absolute atomic E-state index is 12.7. The second-order valence-corrected chi connectivity index (χ2v) is 7.36. The number of aromatic nitrogens is 3. The number of pyridine rings is 1. The van der Waals surface area contributed by atoms with E-state index < -0.39 is 0 Å². The molecule has 1 aromatic carbocycles. The zero-order valence-electron chi connectivity index (χ0n) is 15.2. The normalized spacial score (nSPS) is 10.2. The molecule has 0 atom stereocenters. The molecule has 0 fully saturated rings. The van der Waals surface area contributed by atoms with E-state index in [-0.39, 0.29) is 5.91 Å². The second kappa shape index (κ2) is 8.74. The first-order chi connectivity index (χ1) is 14.2. The Morgan fingerprint density at radius 3 is 2.76 bits per heavy atom. The van der Waals surface area contributed by atoms with Crippen molar-refractivity contribution in [1.29, 1.82) is 0 Å². The highest BCUT2D eigenvalue weighted by Gasteiger charge is 2.13. The highest BCUT2D eigenvalue weighted by Crippen LogP contribution is 2.18. The maximum atomic E-state index is 12.7. The van der Waals surface area contributed by atoms with Crippen LogP contribution in [0, 0.1) is 11.8 Å². The third-order valence-electron chi connectivity index (χ3n) is 4.09. The van der Waals surface area contributed by atoms with Gasteiger partial charge in [0.15, 0.2) is 5.13 Å². The van der Waals surface area contributed by atoms with E-state index in [2.05, 4.69) is 27.1 Å². The first kappa shape index (κ1) is 18.9. The molecule has 0 bridgehead atoms. The van der Waals surface area contributed by atoms with Gasteiger partial charge in [-0.1, -0.05) is 29.7 Å². The third kappa shape index (κ3) is 4.72. The largest absolute Gasteiger partial charge is 0.339 e. The zero-order chi connectivity index (χ0) is 20.1. The Kier molecular flexibility index (Phi) is 5.71. The molecule has 0 aliphatic carbocycles. The fourth-order valence-electron chi connectivity index (χ4n) is 2.69. The Hall–Kier alpha value is -3.40. The molecule has 7 heteroatoms. The SMILES string of the molecule is O=C(Nc1nc(C#Cc2ccccc2Cl)cs1)c1cccn1Cc1ccncc1. The molecule has 1 amide bonds. The molecular weight excluding hydrogens is 404 g/mol. The van der Waals surface area contributed by atoms with Crippen molar-refractivity contribution < 1.29 is 4.79 Å². The van der Waals surface area contributed by atoms with E-state index in [1.54, 1.807) is 29.9 Å². The number of carbonyl (C=O) groups is 1. The van der Waals surface area contributed by atoms with Crippen molar-refractivity contribution in [3.05, 3.63) is 100 Å². The van der Waals surface area contributed by atoms with E-state index in [4.69, 9.17) is 11.6 Å². The number of amides is 1. The monoisotopic (exact) mass is 418 g/mol. The fraction of sp³-hybridized carbons (Fsp3) is 0.0455. The molecule has 4 rings (SSSR count). The first-order valence-corrected chi connectivity index (χ1v) is 10.0. The lowest BCUT2D eigenvalue weighted by Crippen LogP contribution is -2.17. The molecule has 0 spiro atoms. The average molecular weight is 419 g/mol. The number of nitrogens with zero attached hydrogens (tertiary/aromatic N) is 3. The van der Waals surface area contributed by atoms with Gasteiger partial charge in [0.05, 0.1) is 5.02 Å². The van der Waals surface area contributed by atoms with Gasteiger partial charge in [0.2, 0.25) is 0 Å². The lowest BCUT2D eigenvalue weighted by molar-refractivity contribution is 0.101. The van der Waals surface area contributed by atoms with Gasteiger partial charge in [-0.3, -0.25) is 15.1 Å². The molecule has 0 unspecified atom stereocenters. The minimum atomic E-state index is -0.219. The number of halogens is 1. The second-order valence-electron chi connectivity index (χ2n) is 6.10. The fourth-order valence-corrected chi connectivity index (χ4v) is 3.51. The van der Waals surface area contributed by atoms with Crippen LogP contribution in [-0.4, -0.2) is 20.4 Å². The van der Waals surface area contributed by atoms with Gasteiger partial charge in [0.25, 0.3) is 5.91 Å².